The Morgan fingerprint density at radius 3 is 2.53 bits per heavy atom. The monoisotopic (exact) mass is 478 g/mol. The third-order valence-electron chi connectivity index (χ3n) is 6.71. The Morgan fingerprint density at radius 2 is 1.79 bits per heavy atom. The van der Waals surface area contributed by atoms with Gasteiger partial charge >= 0.3 is 0 Å². The van der Waals surface area contributed by atoms with E-state index in [0.717, 1.165) is 48.6 Å². The molecule has 0 aliphatic carbocycles. The van der Waals surface area contributed by atoms with Crippen molar-refractivity contribution in [1.29, 1.82) is 0 Å². The highest BCUT2D eigenvalue weighted by Gasteiger charge is 2.25. The molecule has 0 amide bonds. The quantitative estimate of drug-likeness (QED) is 0.379. The van der Waals surface area contributed by atoms with E-state index in [0.29, 0.717) is 22.4 Å². The van der Waals surface area contributed by atoms with E-state index in [-0.39, 0.29) is 5.82 Å². The second-order valence-electron chi connectivity index (χ2n) is 8.98. The van der Waals surface area contributed by atoms with Gasteiger partial charge in [-0.2, -0.15) is 9.61 Å². The van der Waals surface area contributed by atoms with Crippen LogP contribution < -0.4 is 9.80 Å². The minimum Gasteiger partial charge on any atom is -0.371 e. The fourth-order valence-electron chi connectivity index (χ4n) is 4.78. The van der Waals surface area contributed by atoms with Crippen LogP contribution in [0.4, 0.5) is 21.6 Å². The predicted octanol–water partition coefficient (Wildman–Crippen LogP) is 5.49. The van der Waals surface area contributed by atoms with Crippen molar-refractivity contribution in [3.05, 3.63) is 71.8 Å². The summed E-state index contributed by atoms with van der Waals surface area (Å²) in [4.78, 5) is 10.8. The summed E-state index contributed by atoms with van der Waals surface area (Å²) in [6, 6.07) is 15.4. The molecule has 1 aliphatic heterocycles. The summed E-state index contributed by atoms with van der Waals surface area (Å²) in [6.45, 7) is 1.81. The lowest BCUT2D eigenvalue weighted by atomic mass is 9.98. The summed E-state index contributed by atoms with van der Waals surface area (Å²) >= 11 is 6.30. The Balaban J connectivity index is 1.60. The molecule has 2 aromatic carbocycles. The van der Waals surface area contributed by atoms with Crippen molar-refractivity contribution in [2.75, 3.05) is 44.0 Å². The molecule has 34 heavy (non-hydrogen) atoms. The largest absolute Gasteiger partial charge is 0.371 e. The van der Waals surface area contributed by atoms with Crippen LogP contribution in [0.1, 0.15) is 12.8 Å². The molecule has 1 saturated heterocycles. The van der Waals surface area contributed by atoms with Crippen molar-refractivity contribution in [2.24, 2.45) is 0 Å². The van der Waals surface area contributed by atoms with Gasteiger partial charge in [0.2, 0.25) is 0 Å². The van der Waals surface area contributed by atoms with E-state index in [1.807, 2.05) is 54.4 Å². The predicted molar refractivity (Wildman–Crippen MR) is 137 cm³/mol. The molecule has 6 nitrogen and oxygen atoms in total. The van der Waals surface area contributed by atoms with Crippen LogP contribution in [0.15, 0.2) is 60.9 Å². The topological polar surface area (TPSA) is 39.9 Å². The van der Waals surface area contributed by atoms with Crippen LogP contribution in [-0.4, -0.2) is 59.8 Å². The van der Waals surface area contributed by atoms with E-state index in [9.17, 15) is 0 Å². The first-order valence-corrected chi connectivity index (χ1v) is 11.8. The molecule has 0 spiro atoms. The Hall–Kier alpha value is -3.16. The molecule has 2 aromatic heterocycles. The number of nitrogens with zero attached hydrogens (tertiary/aromatic N) is 6. The fourth-order valence-corrected chi connectivity index (χ4v) is 4.97. The first-order valence-electron chi connectivity index (χ1n) is 11.5. The van der Waals surface area contributed by atoms with Crippen LogP contribution in [0.3, 0.4) is 0 Å². The average Bonchev–Trinajstić information content (AvgIpc) is 3.33. The number of rotatable bonds is 5. The number of aromatic nitrogens is 3. The summed E-state index contributed by atoms with van der Waals surface area (Å²) in [5.41, 5.74) is 3.96. The number of piperidine rings is 1. The molecule has 0 atom stereocenters. The van der Waals surface area contributed by atoms with Crippen molar-refractivity contribution >= 4 is 34.4 Å². The van der Waals surface area contributed by atoms with Crippen LogP contribution in [-0.2, 0) is 0 Å². The summed E-state index contributed by atoms with van der Waals surface area (Å²) in [6.07, 6.45) is 5.53. The van der Waals surface area contributed by atoms with Crippen molar-refractivity contribution in [1.82, 2.24) is 19.5 Å². The number of halogens is 2. The van der Waals surface area contributed by atoms with Gasteiger partial charge in [0, 0.05) is 54.7 Å². The lowest BCUT2D eigenvalue weighted by Crippen LogP contribution is -2.42. The van der Waals surface area contributed by atoms with Crippen LogP contribution in [0, 0.1) is 5.82 Å². The molecule has 5 rings (SSSR count). The van der Waals surface area contributed by atoms with Gasteiger partial charge in [-0.3, -0.25) is 0 Å². The van der Waals surface area contributed by atoms with Gasteiger partial charge in [-0.25, -0.2) is 9.37 Å². The number of hydrogen-bond donors (Lipinski definition) is 0. The maximum absolute atomic E-state index is 15.7. The fraction of sp³-hybridized carbons (Fsp3) is 0.308. The van der Waals surface area contributed by atoms with Gasteiger partial charge in [0.1, 0.15) is 11.6 Å². The van der Waals surface area contributed by atoms with E-state index in [1.165, 1.54) is 0 Å². The van der Waals surface area contributed by atoms with Crippen molar-refractivity contribution in [3.8, 4) is 11.1 Å². The Morgan fingerprint density at radius 1 is 1.00 bits per heavy atom. The first kappa shape index (κ1) is 22.6. The Labute approximate surface area is 204 Å². The molecule has 3 heterocycles. The highest BCUT2D eigenvalue weighted by atomic mass is 35.5. The van der Waals surface area contributed by atoms with Gasteiger partial charge < -0.3 is 14.7 Å². The maximum atomic E-state index is 15.7. The third kappa shape index (κ3) is 4.21. The lowest BCUT2D eigenvalue weighted by molar-refractivity contribution is 0.250. The van der Waals surface area contributed by atoms with E-state index < -0.39 is 0 Å². The lowest BCUT2D eigenvalue weighted by Gasteiger charge is -2.38. The zero-order valence-electron chi connectivity index (χ0n) is 19.6. The zero-order chi connectivity index (χ0) is 23.8. The number of anilines is 3. The third-order valence-corrected chi connectivity index (χ3v) is 6.95. The van der Waals surface area contributed by atoms with Crippen LogP contribution in [0.25, 0.3) is 16.8 Å². The van der Waals surface area contributed by atoms with Crippen molar-refractivity contribution in [2.45, 2.75) is 18.9 Å². The standard InChI is InChI=1S/C26H28ClFN6/c1-31(2)20-9-13-33(14-10-20)23-17-24(22(28)16-21(23)18-5-4-6-19(27)15-18)32(3)26-8-11-29-25-7-12-30-34(25)26/h4-8,11-12,15-17,20H,9-10,13-14H2,1-3H3. The van der Waals surface area contributed by atoms with E-state index in [4.69, 9.17) is 11.6 Å². The average molecular weight is 479 g/mol. The molecule has 0 bridgehead atoms. The smallest absolute Gasteiger partial charge is 0.157 e. The van der Waals surface area contributed by atoms with Gasteiger partial charge in [0.15, 0.2) is 5.65 Å². The van der Waals surface area contributed by atoms with Gasteiger partial charge in [0.05, 0.1) is 11.9 Å². The van der Waals surface area contributed by atoms with Crippen molar-refractivity contribution in [3.63, 3.8) is 0 Å². The molecular formula is C26H28ClFN6. The second-order valence-corrected chi connectivity index (χ2v) is 9.41. The molecule has 1 aliphatic rings. The summed E-state index contributed by atoms with van der Waals surface area (Å²) < 4.78 is 17.4. The SMILES string of the molecule is CN(c1cc(N2CCC(N(C)C)CC2)c(-c2cccc(Cl)c2)cc1F)c1ccnc2ccnn12. The molecule has 8 heteroatoms. The van der Waals surface area contributed by atoms with E-state index >= 15 is 4.39 Å². The van der Waals surface area contributed by atoms with Gasteiger partial charge in [-0.15, -0.1) is 0 Å². The molecule has 176 valence electrons. The summed E-state index contributed by atoms with van der Waals surface area (Å²) in [5.74, 6) is 0.434. The minimum atomic E-state index is -0.304. The maximum Gasteiger partial charge on any atom is 0.157 e. The van der Waals surface area contributed by atoms with Crippen LogP contribution >= 0.6 is 11.6 Å². The van der Waals surface area contributed by atoms with Crippen LogP contribution in [0.5, 0.6) is 0 Å². The second kappa shape index (κ2) is 9.24. The zero-order valence-corrected chi connectivity index (χ0v) is 20.4. The molecule has 4 aromatic rings. The summed E-state index contributed by atoms with van der Waals surface area (Å²) in [7, 11) is 6.12. The molecular weight excluding hydrogens is 451 g/mol. The van der Waals surface area contributed by atoms with Crippen molar-refractivity contribution < 1.29 is 4.39 Å². The number of fused-ring (bicyclic) bond motifs is 1. The molecule has 0 unspecified atom stereocenters. The van der Waals surface area contributed by atoms with Crippen LogP contribution in [0.2, 0.25) is 5.02 Å². The first-order chi connectivity index (χ1) is 16.4. The molecule has 1 fully saturated rings. The van der Waals surface area contributed by atoms with Gasteiger partial charge in [-0.1, -0.05) is 23.7 Å². The number of benzene rings is 2. The minimum absolute atomic E-state index is 0.304. The molecule has 0 N–H and O–H groups in total. The van der Waals surface area contributed by atoms with E-state index in [2.05, 4.69) is 34.0 Å². The van der Waals surface area contributed by atoms with Gasteiger partial charge in [-0.05, 0) is 62.8 Å². The molecule has 0 saturated carbocycles. The Bertz CT molecular complexity index is 1310. The summed E-state index contributed by atoms with van der Waals surface area (Å²) in [5, 5.41) is 5.00. The molecule has 0 radical (unpaired) electrons. The highest BCUT2D eigenvalue weighted by Crippen LogP contribution is 2.39. The normalized spacial score (nSPS) is 14.8. The highest BCUT2D eigenvalue weighted by molar-refractivity contribution is 6.30. The van der Waals surface area contributed by atoms with E-state index in [1.54, 1.807) is 23.0 Å². The Kier molecular flexibility index (Phi) is 6.15. The van der Waals surface area contributed by atoms with Gasteiger partial charge in [0.25, 0.3) is 0 Å². The number of hydrogen-bond acceptors (Lipinski definition) is 5.